The molecule has 0 aliphatic carbocycles. The van der Waals surface area contributed by atoms with Crippen molar-refractivity contribution in [3.05, 3.63) is 54.1 Å². The molecule has 1 fully saturated rings. The number of aliphatic hydroxyl groups excluding tert-OH is 1. The molecule has 3 amide bonds. The minimum atomic E-state index is -0.507. The fourth-order valence-electron chi connectivity index (χ4n) is 3.84. The number of thioether (sulfide) groups is 1. The smallest absolute Gasteiger partial charge is 0.253 e. The van der Waals surface area contributed by atoms with Crippen molar-refractivity contribution in [1.29, 1.82) is 0 Å². The number of amides is 3. The molecule has 8 heteroatoms. The van der Waals surface area contributed by atoms with Gasteiger partial charge in [0.1, 0.15) is 0 Å². The summed E-state index contributed by atoms with van der Waals surface area (Å²) in [4.78, 5) is 40.4. The Hall–Kier alpha value is -2.84. The first kappa shape index (κ1) is 21.4. The summed E-state index contributed by atoms with van der Waals surface area (Å²) in [5, 5.41) is 14.4. The van der Waals surface area contributed by atoms with E-state index in [9.17, 15) is 19.5 Å². The van der Waals surface area contributed by atoms with Crippen molar-refractivity contribution >= 4 is 40.9 Å². The molecular weight excluding hydrogens is 414 g/mol. The van der Waals surface area contributed by atoms with Crippen LogP contribution in [0.1, 0.15) is 29.6 Å². The van der Waals surface area contributed by atoms with Crippen LogP contribution in [0.15, 0.2) is 53.4 Å². The Labute approximate surface area is 185 Å². The number of anilines is 2. The topological polar surface area (TPSA) is 98.7 Å². The molecule has 0 saturated carbocycles. The number of likely N-dealkylation sites (tertiary alicyclic amines) is 1. The number of piperidine rings is 1. The highest BCUT2D eigenvalue weighted by Gasteiger charge is 2.29. The Morgan fingerprint density at radius 3 is 2.68 bits per heavy atom. The summed E-state index contributed by atoms with van der Waals surface area (Å²) in [7, 11) is 0. The first-order valence-electron chi connectivity index (χ1n) is 10.4. The van der Waals surface area contributed by atoms with Crippen LogP contribution in [-0.2, 0) is 9.59 Å². The van der Waals surface area contributed by atoms with Crippen molar-refractivity contribution in [2.75, 3.05) is 30.3 Å². The van der Waals surface area contributed by atoms with Crippen LogP contribution in [0.2, 0.25) is 0 Å². The molecule has 162 valence electrons. The molecule has 2 aliphatic heterocycles. The number of carbonyl (C=O) groups excluding carboxylic acids is 3. The molecule has 2 aliphatic rings. The number of nitrogens with one attached hydrogen (secondary N) is 2. The first-order chi connectivity index (χ1) is 15.0. The summed E-state index contributed by atoms with van der Waals surface area (Å²) in [5.74, 6) is -0.280. The maximum Gasteiger partial charge on any atom is 0.253 e. The third-order valence-corrected chi connectivity index (χ3v) is 6.91. The molecule has 1 atom stereocenters. The second-order valence-electron chi connectivity index (χ2n) is 7.84. The number of carbonyl (C=O) groups is 3. The van der Waals surface area contributed by atoms with Crippen molar-refractivity contribution in [2.45, 2.75) is 29.4 Å². The molecule has 0 aromatic heterocycles. The van der Waals surface area contributed by atoms with Crippen LogP contribution in [0.3, 0.4) is 0 Å². The zero-order valence-electron chi connectivity index (χ0n) is 17.0. The number of hydrogen-bond donors (Lipinski definition) is 3. The molecular formula is C23H25N3O4S. The van der Waals surface area contributed by atoms with E-state index in [1.807, 2.05) is 24.3 Å². The lowest BCUT2D eigenvalue weighted by Crippen LogP contribution is -2.39. The van der Waals surface area contributed by atoms with E-state index in [1.54, 1.807) is 29.2 Å². The van der Waals surface area contributed by atoms with Crippen molar-refractivity contribution in [2.24, 2.45) is 5.92 Å². The number of fused-ring (bicyclic) bond motifs is 1. The highest BCUT2D eigenvalue weighted by atomic mass is 32.2. The SMILES string of the molecule is O=C(CC1Sc2ccccc2NC1=O)Nc1cccc(C(=O)N2CCC(CO)CC2)c1. The summed E-state index contributed by atoms with van der Waals surface area (Å²) >= 11 is 1.38. The van der Waals surface area contributed by atoms with Gasteiger partial charge in [-0.2, -0.15) is 0 Å². The molecule has 2 heterocycles. The standard InChI is InChI=1S/C23H25N3O4S/c27-14-15-8-10-26(11-9-15)23(30)16-4-3-5-17(12-16)24-21(28)13-20-22(29)25-18-6-1-2-7-19(18)31-20/h1-7,12,15,20,27H,8-11,13-14H2,(H,24,28)(H,25,29). The van der Waals surface area contributed by atoms with Gasteiger partial charge in [0.25, 0.3) is 5.91 Å². The number of para-hydroxylation sites is 1. The van der Waals surface area contributed by atoms with Gasteiger partial charge in [0.05, 0.1) is 10.9 Å². The Bertz CT molecular complexity index is 988. The molecule has 7 nitrogen and oxygen atoms in total. The van der Waals surface area contributed by atoms with Gasteiger partial charge in [0.2, 0.25) is 11.8 Å². The summed E-state index contributed by atoms with van der Waals surface area (Å²) in [6.45, 7) is 1.40. The molecule has 2 aromatic rings. The van der Waals surface area contributed by atoms with Crippen molar-refractivity contribution < 1.29 is 19.5 Å². The average molecular weight is 440 g/mol. The predicted molar refractivity (Wildman–Crippen MR) is 120 cm³/mol. The Morgan fingerprint density at radius 2 is 1.90 bits per heavy atom. The second kappa shape index (κ2) is 9.53. The minimum Gasteiger partial charge on any atom is -0.396 e. The molecule has 1 saturated heterocycles. The third kappa shape index (κ3) is 5.08. The number of nitrogens with zero attached hydrogens (tertiary/aromatic N) is 1. The van der Waals surface area contributed by atoms with Crippen LogP contribution in [0.25, 0.3) is 0 Å². The van der Waals surface area contributed by atoms with E-state index >= 15 is 0 Å². The van der Waals surface area contributed by atoms with E-state index in [1.165, 1.54) is 11.8 Å². The lowest BCUT2D eigenvalue weighted by molar-refractivity contribution is -0.120. The molecule has 4 rings (SSSR count). The van der Waals surface area contributed by atoms with E-state index in [0.717, 1.165) is 23.4 Å². The number of benzene rings is 2. The van der Waals surface area contributed by atoms with Crippen LogP contribution < -0.4 is 10.6 Å². The van der Waals surface area contributed by atoms with Gasteiger partial charge in [0, 0.05) is 42.3 Å². The highest BCUT2D eigenvalue weighted by Crippen LogP contribution is 2.36. The summed E-state index contributed by atoms with van der Waals surface area (Å²) in [6, 6.07) is 14.4. The van der Waals surface area contributed by atoms with Gasteiger partial charge in [-0.3, -0.25) is 14.4 Å². The lowest BCUT2D eigenvalue weighted by Gasteiger charge is -2.31. The number of rotatable bonds is 5. The monoisotopic (exact) mass is 439 g/mol. The predicted octanol–water partition coefficient (Wildman–Crippen LogP) is 2.97. The van der Waals surface area contributed by atoms with E-state index in [-0.39, 0.29) is 36.7 Å². The fourth-order valence-corrected chi connectivity index (χ4v) is 4.95. The minimum absolute atomic E-state index is 0.0394. The lowest BCUT2D eigenvalue weighted by atomic mass is 9.97. The van der Waals surface area contributed by atoms with Crippen LogP contribution in [0.5, 0.6) is 0 Å². The van der Waals surface area contributed by atoms with Gasteiger partial charge >= 0.3 is 0 Å². The van der Waals surface area contributed by atoms with E-state index < -0.39 is 5.25 Å². The molecule has 1 unspecified atom stereocenters. The van der Waals surface area contributed by atoms with Crippen LogP contribution in [0.4, 0.5) is 11.4 Å². The fraction of sp³-hybridized carbons (Fsp3) is 0.348. The van der Waals surface area contributed by atoms with Gasteiger partial charge in [-0.05, 0) is 49.1 Å². The van der Waals surface area contributed by atoms with E-state index in [4.69, 9.17) is 0 Å². The summed E-state index contributed by atoms with van der Waals surface area (Å²) in [6.07, 6.45) is 1.63. The Balaban J connectivity index is 1.36. The van der Waals surface area contributed by atoms with Crippen molar-refractivity contribution in [3.63, 3.8) is 0 Å². The van der Waals surface area contributed by atoms with Gasteiger partial charge in [-0.15, -0.1) is 11.8 Å². The van der Waals surface area contributed by atoms with Gasteiger partial charge in [-0.1, -0.05) is 18.2 Å². The molecule has 0 spiro atoms. The second-order valence-corrected chi connectivity index (χ2v) is 9.09. The zero-order valence-corrected chi connectivity index (χ0v) is 17.9. The van der Waals surface area contributed by atoms with Crippen molar-refractivity contribution in [3.8, 4) is 0 Å². The third-order valence-electron chi connectivity index (χ3n) is 5.63. The molecule has 3 N–H and O–H groups in total. The van der Waals surface area contributed by atoms with Gasteiger partial charge in [0.15, 0.2) is 0 Å². The quantitative estimate of drug-likeness (QED) is 0.665. The normalized spacial score (nSPS) is 18.8. The average Bonchev–Trinajstić information content (AvgIpc) is 2.79. The van der Waals surface area contributed by atoms with Crippen LogP contribution in [-0.4, -0.2) is 52.7 Å². The highest BCUT2D eigenvalue weighted by molar-refractivity contribution is 8.01. The molecule has 2 aromatic carbocycles. The van der Waals surface area contributed by atoms with E-state index in [2.05, 4.69) is 10.6 Å². The summed E-state index contributed by atoms with van der Waals surface area (Å²) in [5.41, 5.74) is 1.81. The van der Waals surface area contributed by atoms with Crippen molar-refractivity contribution in [1.82, 2.24) is 4.90 Å². The molecule has 31 heavy (non-hydrogen) atoms. The van der Waals surface area contributed by atoms with Gasteiger partial charge < -0.3 is 20.6 Å². The Morgan fingerprint density at radius 1 is 1.13 bits per heavy atom. The number of aliphatic hydroxyl groups is 1. The molecule has 0 radical (unpaired) electrons. The Kier molecular flexibility index (Phi) is 6.58. The van der Waals surface area contributed by atoms with Crippen LogP contribution in [0, 0.1) is 5.92 Å². The first-order valence-corrected chi connectivity index (χ1v) is 11.3. The van der Waals surface area contributed by atoms with Gasteiger partial charge in [-0.25, -0.2) is 0 Å². The number of hydrogen-bond acceptors (Lipinski definition) is 5. The molecule has 0 bridgehead atoms. The van der Waals surface area contributed by atoms with E-state index in [0.29, 0.717) is 24.3 Å². The van der Waals surface area contributed by atoms with Crippen LogP contribution >= 0.6 is 11.8 Å². The summed E-state index contributed by atoms with van der Waals surface area (Å²) < 4.78 is 0. The zero-order chi connectivity index (χ0) is 21.8. The largest absolute Gasteiger partial charge is 0.396 e. The maximum atomic E-state index is 12.8. The maximum absolute atomic E-state index is 12.8.